The highest BCUT2D eigenvalue weighted by Crippen LogP contribution is 2.57. The number of benzene rings is 12. The van der Waals surface area contributed by atoms with E-state index in [1.807, 2.05) is 0 Å². The van der Waals surface area contributed by atoms with E-state index in [0.717, 1.165) is 0 Å². The lowest BCUT2D eigenvalue weighted by atomic mass is 9.75. The van der Waals surface area contributed by atoms with Crippen molar-refractivity contribution in [1.29, 1.82) is 0 Å². The number of fused-ring (bicyclic) bond motifs is 15. The molecular formula is C44H22. The molecule has 12 aromatic carbocycles. The van der Waals surface area contributed by atoms with Gasteiger partial charge in [0, 0.05) is 0 Å². The molecule has 12 aromatic rings. The van der Waals surface area contributed by atoms with Crippen molar-refractivity contribution >= 4 is 118 Å². The normalized spacial score (nSPS) is 13.0. The van der Waals surface area contributed by atoms with Crippen molar-refractivity contribution in [2.24, 2.45) is 0 Å². The smallest absolute Gasteiger partial charge is 0.0000480 e. The van der Waals surface area contributed by atoms with Gasteiger partial charge >= 0.3 is 0 Å². The average molecular weight is 551 g/mol. The van der Waals surface area contributed by atoms with E-state index in [0.29, 0.717) is 0 Å². The van der Waals surface area contributed by atoms with Gasteiger partial charge in [-0.2, -0.15) is 0 Å². The zero-order valence-corrected chi connectivity index (χ0v) is 23.7. The van der Waals surface area contributed by atoms with Gasteiger partial charge in [-0.3, -0.25) is 0 Å². The zero-order valence-electron chi connectivity index (χ0n) is 23.7. The molecule has 198 valence electrons. The second kappa shape index (κ2) is 7.25. The lowest BCUT2D eigenvalue weighted by molar-refractivity contribution is 1.79. The Labute approximate surface area is 251 Å². The van der Waals surface area contributed by atoms with Crippen molar-refractivity contribution in [3.63, 3.8) is 0 Å². The summed E-state index contributed by atoms with van der Waals surface area (Å²) in [5, 5.41) is 30.2. The predicted octanol–water partition coefficient (Wildman–Crippen LogP) is 12.7. The molecule has 0 heterocycles. The Morgan fingerprint density at radius 1 is 0.136 bits per heavy atom. The van der Waals surface area contributed by atoms with Gasteiger partial charge in [0.1, 0.15) is 0 Å². The summed E-state index contributed by atoms with van der Waals surface area (Å²) in [5.74, 6) is 0. The van der Waals surface area contributed by atoms with Gasteiger partial charge in [0.05, 0.1) is 0 Å². The van der Waals surface area contributed by atoms with Crippen molar-refractivity contribution in [2.45, 2.75) is 0 Å². The Hall–Kier alpha value is -5.72. The summed E-state index contributed by atoms with van der Waals surface area (Å²) in [6.45, 7) is 0. The minimum absolute atomic E-state index is 1.34. The van der Waals surface area contributed by atoms with Gasteiger partial charge in [0.25, 0.3) is 0 Å². The minimum Gasteiger partial charge on any atom is -0.0616 e. The molecule has 0 saturated carbocycles. The third kappa shape index (κ3) is 2.23. The molecule has 0 fully saturated rings. The maximum Gasteiger partial charge on any atom is -0.0000480 e. The van der Waals surface area contributed by atoms with Crippen LogP contribution in [0.4, 0.5) is 0 Å². The van der Waals surface area contributed by atoms with Crippen LogP contribution < -0.4 is 0 Å². The van der Waals surface area contributed by atoms with Crippen LogP contribution in [0.1, 0.15) is 0 Å². The van der Waals surface area contributed by atoms with Crippen molar-refractivity contribution < 1.29 is 0 Å². The topological polar surface area (TPSA) is 0 Å². The van der Waals surface area contributed by atoms with Gasteiger partial charge in [-0.05, 0) is 118 Å². The molecule has 0 radical (unpaired) electrons. The van der Waals surface area contributed by atoms with E-state index < -0.39 is 0 Å². The van der Waals surface area contributed by atoms with Crippen molar-refractivity contribution in [1.82, 2.24) is 0 Å². The van der Waals surface area contributed by atoms with E-state index in [2.05, 4.69) is 133 Å². The number of hydrogen-bond acceptors (Lipinski definition) is 0. The van der Waals surface area contributed by atoms with E-state index >= 15 is 0 Å². The maximum atomic E-state index is 2.41. The van der Waals surface area contributed by atoms with Gasteiger partial charge in [0.15, 0.2) is 0 Å². The molecule has 0 aliphatic carbocycles. The first-order valence-corrected chi connectivity index (χ1v) is 15.5. The minimum atomic E-state index is 1.34. The quantitative estimate of drug-likeness (QED) is 0.130. The van der Waals surface area contributed by atoms with Crippen LogP contribution in [-0.4, -0.2) is 0 Å². The number of hydrogen-bond donors (Lipinski definition) is 0. The predicted molar refractivity (Wildman–Crippen MR) is 193 cm³/mol. The van der Waals surface area contributed by atoms with Crippen molar-refractivity contribution in [3.05, 3.63) is 133 Å². The Balaban J connectivity index is 1.66. The van der Waals surface area contributed by atoms with Crippen LogP contribution in [0.15, 0.2) is 133 Å². The summed E-state index contributed by atoms with van der Waals surface area (Å²) in [6.07, 6.45) is 0. The third-order valence-corrected chi connectivity index (χ3v) is 10.8. The molecule has 0 bridgehead atoms. The molecule has 0 atom stereocenters. The average Bonchev–Trinajstić information content (AvgIpc) is 3.10. The third-order valence-electron chi connectivity index (χ3n) is 10.8. The molecule has 0 spiro atoms. The Bertz CT molecular complexity index is 2950. The molecule has 0 nitrogen and oxygen atoms in total. The summed E-state index contributed by atoms with van der Waals surface area (Å²) in [4.78, 5) is 0. The number of rotatable bonds is 0. The zero-order chi connectivity index (χ0) is 28.3. The first-order valence-electron chi connectivity index (χ1n) is 15.5. The first kappa shape index (κ1) is 21.9. The van der Waals surface area contributed by atoms with E-state index in [4.69, 9.17) is 0 Å². The maximum absolute atomic E-state index is 2.41. The Morgan fingerprint density at radius 3 is 0.591 bits per heavy atom. The van der Waals surface area contributed by atoms with Crippen LogP contribution in [0.3, 0.4) is 0 Å². The lowest BCUT2D eigenvalue weighted by Crippen LogP contribution is -1.98. The first-order chi connectivity index (χ1) is 21.9. The lowest BCUT2D eigenvalue weighted by Gasteiger charge is -2.27. The van der Waals surface area contributed by atoms with E-state index in [-0.39, 0.29) is 0 Å². The van der Waals surface area contributed by atoms with Crippen LogP contribution in [0.2, 0.25) is 0 Å². The Morgan fingerprint density at radius 2 is 0.318 bits per heavy atom. The second-order valence-electron chi connectivity index (χ2n) is 12.6. The highest BCUT2D eigenvalue weighted by Gasteiger charge is 2.28. The van der Waals surface area contributed by atoms with E-state index in [1.54, 1.807) is 0 Å². The van der Waals surface area contributed by atoms with Gasteiger partial charge in [-0.1, -0.05) is 133 Å². The standard InChI is InChI=1S/C44H22/c1-3-13-25-23(11-1)33-21-22-34-24-12-2-4-14-26(24)36-28-16-6-8-18-30(28)38-32-20-10-9-19-31(32)37-29-17-7-5-15-27(29)35(25)41-39(33)40(34)42(36)44(38)43(37)41/h1-22H. The summed E-state index contributed by atoms with van der Waals surface area (Å²) >= 11 is 0. The summed E-state index contributed by atoms with van der Waals surface area (Å²) < 4.78 is 0. The molecule has 0 amide bonds. The second-order valence-corrected chi connectivity index (χ2v) is 12.6. The molecule has 0 saturated heterocycles. The fourth-order valence-electron chi connectivity index (χ4n) is 9.36. The molecule has 0 unspecified atom stereocenters. The summed E-state index contributed by atoms with van der Waals surface area (Å²) in [5.41, 5.74) is 0. The van der Waals surface area contributed by atoms with Gasteiger partial charge in [-0.15, -0.1) is 0 Å². The van der Waals surface area contributed by atoms with E-state index in [1.165, 1.54) is 118 Å². The molecule has 0 heteroatoms. The molecule has 0 aliphatic rings. The van der Waals surface area contributed by atoms with Crippen LogP contribution in [0.25, 0.3) is 118 Å². The molecule has 0 aliphatic heterocycles. The van der Waals surface area contributed by atoms with Gasteiger partial charge < -0.3 is 0 Å². The highest BCUT2D eigenvalue weighted by molar-refractivity contribution is 6.58. The molecular weight excluding hydrogens is 528 g/mol. The van der Waals surface area contributed by atoms with Crippen LogP contribution in [-0.2, 0) is 0 Å². The molecule has 0 aromatic heterocycles. The van der Waals surface area contributed by atoms with Crippen LogP contribution in [0.5, 0.6) is 0 Å². The van der Waals surface area contributed by atoms with E-state index in [9.17, 15) is 0 Å². The van der Waals surface area contributed by atoms with Gasteiger partial charge in [-0.25, -0.2) is 0 Å². The summed E-state index contributed by atoms with van der Waals surface area (Å²) in [7, 11) is 0. The molecule has 44 heavy (non-hydrogen) atoms. The molecule has 0 N–H and O–H groups in total. The SMILES string of the molecule is c1ccc2c(c1)c1ccc3c4ccccc4c4c5ccccc5c5c6ccccc6c6c7ccccc7c2c2c1c3c4c5c62. The fourth-order valence-corrected chi connectivity index (χ4v) is 9.36. The largest absolute Gasteiger partial charge is 0.0616 e. The van der Waals surface area contributed by atoms with Crippen LogP contribution in [0, 0.1) is 0 Å². The van der Waals surface area contributed by atoms with Gasteiger partial charge in [0.2, 0.25) is 0 Å². The Kier molecular flexibility index (Phi) is 3.61. The van der Waals surface area contributed by atoms with Crippen molar-refractivity contribution in [3.8, 4) is 0 Å². The fraction of sp³-hybridized carbons (Fsp3) is 0. The molecule has 12 rings (SSSR count). The van der Waals surface area contributed by atoms with Crippen LogP contribution >= 0.6 is 0 Å². The monoisotopic (exact) mass is 550 g/mol. The van der Waals surface area contributed by atoms with Crippen molar-refractivity contribution in [2.75, 3.05) is 0 Å². The summed E-state index contributed by atoms with van der Waals surface area (Å²) in [6, 6.07) is 50.4. The highest BCUT2D eigenvalue weighted by atomic mass is 14.3.